The molecule has 5 nitrogen and oxygen atoms in total. The van der Waals surface area contributed by atoms with E-state index in [4.69, 9.17) is 18.6 Å². The smallest absolute Gasteiger partial charge is 0.306 e. The molecule has 0 aromatic carbocycles. The van der Waals surface area contributed by atoms with Crippen molar-refractivity contribution >= 4 is 14.3 Å². The van der Waals surface area contributed by atoms with Gasteiger partial charge in [0.25, 0.3) is 0 Å². The first-order valence-corrected chi connectivity index (χ1v) is 12.2. The first-order valence-electron chi connectivity index (χ1n) is 8.75. The lowest BCUT2D eigenvalue weighted by Crippen LogP contribution is -2.43. The molecule has 1 saturated heterocycles. The van der Waals surface area contributed by atoms with Crippen molar-refractivity contribution in [2.45, 2.75) is 90.9 Å². The third-order valence-electron chi connectivity index (χ3n) is 4.18. The number of carbonyl (C=O) groups is 1. The Hall–Kier alpha value is -0.433. The molecule has 1 heterocycles. The molecule has 1 aliphatic heterocycles. The molecule has 23 heavy (non-hydrogen) atoms. The number of rotatable bonds is 7. The van der Waals surface area contributed by atoms with Crippen molar-refractivity contribution in [2.75, 3.05) is 0 Å². The second-order valence-electron chi connectivity index (χ2n) is 8.22. The Labute approximate surface area is 141 Å². The summed E-state index contributed by atoms with van der Waals surface area (Å²) in [5.74, 6) is 0.0682. The molecule has 0 aromatic heterocycles. The van der Waals surface area contributed by atoms with Gasteiger partial charge in [0.05, 0.1) is 24.7 Å². The summed E-state index contributed by atoms with van der Waals surface area (Å²) in [4.78, 5) is 11.7. The highest BCUT2D eigenvalue weighted by Crippen LogP contribution is 2.46. The summed E-state index contributed by atoms with van der Waals surface area (Å²) in [5.41, 5.74) is 0. The van der Waals surface area contributed by atoms with E-state index in [-0.39, 0.29) is 48.5 Å². The molecular formula is C17H32O5Si. The van der Waals surface area contributed by atoms with Crippen molar-refractivity contribution in [3.8, 4) is 0 Å². The Morgan fingerprint density at radius 3 is 2.13 bits per heavy atom. The number of carbonyl (C=O) groups excluding carboxylic acids is 1. The molecule has 4 atom stereocenters. The van der Waals surface area contributed by atoms with Crippen LogP contribution in [0.4, 0.5) is 0 Å². The maximum atomic E-state index is 11.7. The lowest BCUT2D eigenvalue weighted by atomic mass is 9.91. The molecule has 0 unspecified atom stereocenters. The molecule has 2 aliphatic rings. The zero-order chi connectivity index (χ0) is 17.4. The van der Waals surface area contributed by atoms with E-state index in [1.807, 2.05) is 27.7 Å². The van der Waals surface area contributed by atoms with Crippen molar-refractivity contribution in [2.24, 2.45) is 11.8 Å². The van der Waals surface area contributed by atoms with E-state index in [0.717, 1.165) is 6.42 Å². The van der Waals surface area contributed by atoms with Crippen LogP contribution in [0.25, 0.3) is 0 Å². The van der Waals surface area contributed by atoms with Gasteiger partial charge in [-0.2, -0.15) is 0 Å². The van der Waals surface area contributed by atoms with Gasteiger partial charge in [-0.05, 0) is 47.3 Å². The lowest BCUT2D eigenvalue weighted by Gasteiger charge is -2.36. The molecule has 0 amide bonds. The van der Waals surface area contributed by atoms with Crippen molar-refractivity contribution in [1.29, 1.82) is 0 Å². The summed E-state index contributed by atoms with van der Waals surface area (Å²) in [6.07, 6.45) is 0.938. The molecule has 2 fully saturated rings. The maximum Gasteiger partial charge on any atom is 0.306 e. The number of ether oxygens (including phenoxy) is 3. The van der Waals surface area contributed by atoms with Crippen LogP contribution in [0.1, 0.15) is 40.5 Å². The number of hydrogen-bond acceptors (Lipinski definition) is 5. The molecule has 1 saturated carbocycles. The van der Waals surface area contributed by atoms with Crippen LogP contribution in [0.2, 0.25) is 19.6 Å². The predicted molar refractivity (Wildman–Crippen MR) is 90.5 cm³/mol. The van der Waals surface area contributed by atoms with Gasteiger partial charge in [0.15, 0.2) is 14.6 Å². The van der Waals surface area contributed by atoms with Crippen LogP contribution in [0.15, 0.2) is 0 Å². The summed E-state index contributed by atoms with van der Waals surface area (Å²) >= 11 is 0. The normalized spacial score (nSPS) is 31.3. The topological polar surface area (TPSA) is 54.0 Å². The summed E-state index contributed by atoms with van der Waals surface area (Å²) in [5, 5.41) is 0. The molecule has 0 bridgehead atoms. The fourth-order valence-electron chi connectivity index (χ4n) is 3.60. The van der Waals surface area contributed by atoms with Crippen LogP contribution < -0.4 is 0 Å². The largest absolute Gasteiger partial charge is 0.462 e. The Morgan fingerprint density at radius 1 is 1.09 bits per heavy atom. The Balaban J connectivity index is 2.23. The Kier molecular flexibility index (Phi) is 5.93. The van der Waals surface area contributed by atoms with Crippen LogP contribution in [-0.4, -0.2) is 45.0 Å². The van der Waals surface area contributed by atoms with Crippen molar-refractivity contribution < 1.29 is 23.4 Å². The average Bonchev–Trinajstić information content (AvgIpc) is 2.79. The predicted octanol–water partition coefficient (Wildman–Crippen LogP) is 3.33. The number of fused-ring (bicyclic) bond motifs is 1. The first-order chi connectivity index (χ1) is 10.6. The molecule has 0 radical (unpaired) electrons. The van der Waals surface area contributed by atoms with E-state index in [2.05, 4.69) is 19.6 Å². The second-order valence-corrected chi connectivity index (χ2v) is 12.7. The third-order valence-corrected chi connectivity index (χ3v) is 5.19. The van der Waals surface area contributed by atoms with Gasteiger partial charge >= 0.3 is 5.97 Å². The van der Waals surface area contributed by atoms with Gasteiger partial charge in [-0.25, -0.2) is 0 Å². The van der Waals surface area contributed by atoms with E-state index in [0.29, 0.717) is 6.42 Å². The molecule has 1 aliphatic carbocycles. The molecule has 134 valence electrons. The molecule has 0 N–H and O–H groups in total. The van der Waals surface area contributed by atoms with Crippen molar-refractivity contribution in [3.63, 3.8) is 0 Å². The van der Waals surface area contributed by atoms with Crippen LogP contribution in [0.5, 0.6) is 0 Å². The average molecular weight is 345 g/mol. The van der Waals surface area contributed by atoms with Crippen LogP contribution in [0, 0.1) is 11.8 Å². The van der Waals surface area contributed by atoms with Gasteiger partial charge in [0.2, 0.25) is 0 Å². The summed E-state index contributed by atoms with van der Waals surface area (Å²) in [6, 6.07) is 0. The van der Waals surface area contributed by atoms with Crippen LogP contribution in [-0.2, 0) is 23.4 Å². The molecule has 0 aromatic rings. The third kappa shape index (κ3) is 5.02. The van der Waals surface area contributed by atoms with Crippen molar-refractivity contribution in [3.05, 3.63) is 0 Å². The monoisotopic (exact) mass is 344 g/mol. The zero-order valence-electron chi connectivity index (χ0n) is 15.5. The number of hydrogen-bond donors (Lipinski definition) is 0. The standard InChI is InChI=1S/C17H32O5Si/c1-10(2)19-17(20-11(3)4)16-12-8-15(18)21-13(12)9-14(16)22-23(5,6)7/h10-14,16-17H,8-9H2,1-7H3/t12-,13-,14+,16+/m0/s1. The molecule has 6 heteroatoms. The Bertz CT molecular complexity index is 408. The number of esters is 1. The van der Waals surface area contributed by atoms with Crippen LogP contribution >= 0.6 is 0 Å². The van der Waals surface area contributed by atoms with Gasteiger partial charge in [-0.3, -0.25) is 4.79 Å². The van der Waals surface area contributed by atoms with Gasteiger partial charge in [0, 0.05) is 18.3 Å². The molecular weight excluding hydrogens is 312 g/mol. The van der Waals surface area contributed by atoms with Gasteiger partial charge in [0.1, 0.15) is 6.10 Å². The van der Waals surface area contributed by atoms with Gasteiger partial charge < -0.3 is 18.6 Å². The minimum atomic E-state index is -1.71. The lowest BCUT2D eigenvalue weighted by molar-refractivity contribution is -0.223. The van der Waals surface area contributed by atoms with E-state index >= 15 is 0 Å². The quantitative estimate of drug-likeness (QED) is 0.403. The highest BCUT2D eigenvalue weighted by molar-refractivity contribution is 6.69. The fraction of sp³-hybridized carbons (Fsp3) is 0.941. The van der Waals surface area contributed by atoms with E-state index in [1.165, 1.54) is 0 Å². The molecule has 0 spiro atoms. The summed E-state index contributed by atoms with van der Waals surface area (Å²) in [6.45, 7) is 14.6. The summed E-state index contributed by atoms with van der Waals surface area (Å²) in [7, 11) is -1.71. The minimum Gasteiger partial charge on any atom is -0.462 e. The highest BCUT2D eigenvalue weighted by atomic mass is 28.4. The van der Waals surface area contributed by atoms with E-state index < -0.39 is 8.32 Å². The summed E-state index contributed by atoms with van der Waals surface area (Å²) < 4.78 is 24.1. The zero-order valence-corrected chi connectivity index (χ0v) is 16.5. The second kappa shape index (κ2) is 7.21. The van der Waals surface area contributed by atoms with E-state index in [1.54, 1.807) is 0 Å². The maximum absolute atomic E-state index is 11.7. The van der Waals surface area contributed by atoms with E-state index in [9.17, 15) is 4.79 Å². The highest BCUT2D eigenvalue weighted by Gasteiger charge is 2.55. The molecule has 2 rings (SSSR count). The minimum absolute atomic E-state index is 0.0345. The fourth-order valence-corrected chi connectivity index (χ4v) is 4.77. The van der Waals surface area contributed by atoms with Gasteiger partial charge in [-0.1, -0.05) is 0 Å². The van der Waals surface area contributed by atoms with Crippen LogP contribution in [0.3, 0.4) is 0 Å². The first kappa shape index (κ1) is 18.9. The Morgan fingerprint density at radius 2 is 1.65 bits per heavy atom. The van der Waals surface area contributed by atoms with Gasteiger partial charge in [-0.15, -0.1) is 0 Å². The van der Waals surface area contributed by atoms with Crippen molar-refractivity contribution in [1.82, 2.24) is 0 Å². The SMILES string of the molecule is CC(C)OC(OC(C)C)[C@@H]1[C@H]2CC(=O)O[C@H]2C[C@H]1O[Si](C)(C)C.